The fourth-order valence-electron chi connectivity index (χ4n) is 2.99. The molecule has 1 aliphatic rings. The largest absolute Gasteiger partial charge is 0.478 e. The second kappa shape index (κ2) is 10.3. The molecule has 30 heavy (non-hydrogen) atoms. The minimum absolute atomic E-state index is 0.269. The van der Waals surface area contributed by atoms with Crippen LogP contribution in [-0.2, 0) is 19.1 Å². The molecule has 8 heteroatoms. The number of hydrogen-bond donors (Lipinski definition) is 2. The van der Waals surface area contributed by atoms with E-state index in [0.717, 1.165) is 18.7 Å². The van der Waals surface area contributed by atoms with Crippen LogP contribution in [0, 0.1) is 0 Å². The Balaban J connectivity index is 1.32. The average molecular weight is 411 g/mol. The van der Waals surface area contributed by atoms with Crippen molar-refractivity contribution >= 4 is 29.2 Å². The number of benzene rings is 2. The number of ether oxygens (including phenoxy) is 2. The Morgan fingerprint density at radius 1 is 1.13 bits per heavy atom. The molecule has 0 radical (unpaired) electrons. The van der Waals surface area contributed by atoms with Gasteiger partial charge in [-0.2, -0.15) is 0 Å². The van der Waals surface area contributed by atoms with E-state index in [1.165, 1.54) is 0 Å². The fraction of sp³-hybridized carbons (Fsp3) is 0.318. The van der Waals surface area contributed by atoms with Crippen molar-refractivity contribution in [3.8, 4) is 5.75 Å². The van der Waals surface area contributed by atoms with E-state index in [-0.39, 0.29) is 12.3 Å². The zero-order valence-electron chi connectivity index (χ0n) is 16.8. The lowest BCUT2D eigenvalue weighted by atomic mass is 10.1. The smallest absolute Gasteiger partial charge is 0.310 e. The van der Waals surface area contributed by atoms with Gasteiger partial charge in [0, 0.05) is 25.8 Å². The lowest BCUT2D eigenvalue weighted by Crippen LogP contribution is -2.39. The van der Waals surface area contributed by atoms with Gasteiger partial charge in [-0.05, 0) is 30.7 Å². The van der Waals surface area contributed by atoms with Gasteiger partial charge in [-0.3, -0.25) is 14.4 Å². The predicted molar refractivity (Wildman–Crippen MR) is 112 cm³/mol. The molecule has 0 aliphatic carbocycles. The van der Waals surface area contributed by atoms with E-state index in [4.69, 9.17) is 9.47 Å². The molecule has 158 valence electrons. The Hall–Kier alpha value is -3.55. The van der Waals surface area contributed by atoms with Crippen LogP contribution in [0.5, 0.6) is 5.75 Å². The maximum absolute atomic E-state index is 12.0. The third kappa shape index (κ3) is 5.97. The fourth-order valence-corrected chi connectivity index (χ4v) is 2.99. The lowest BCUT2D eigenvalue weighted by molar-refractivity contribution is -0.151. The normalized spacial score (nSPS) is 14.7. The van der Waals surface area contributed by atoms with Gasteiger partial charge in [0.1, 0.15) is 5.75 Å². The average Bonchev–Trinajstić information content (AvgIpc) is 2.76. The molecule has 0 spiro atoms. The Kier molecular flexibility index (Phi) is 7.26. The van der Waals surface area contributed by atoms with Gasteiger partial charge < -0.3 is 25.0 Å². The Bertz CT molecular complexity index is 887. The molecule has 0 saturated heterocycles. The minimum Gasteiger partial charge on any atom is -0.478 e. The quantitative estimate of drug-likeness (QED) is 0.484. The summed E-state index contributed by atoms with van der Waals surface area (Å²) < 4.78 is 10.5. The molecule has 0 bridgehead atoms. The van der Waals surface area contributed by atoms with Crippen molar-refractivity contribution in [2.45, 2.75) is 18.9 Å². The van der Waals surface area contributed by atoms with Gasteiger partial charge in [0.25, 0.3) is 11.8 Å². The molecule has 1 atom stereocenters. The molecule has 2 N–H and O–H groups in total. The lowest BCUT2D eigenvalue weighted by Gasteiger charge is -2.25. The topological polar surface area (TPSA) is 97.0 Å². The standard InChI is InChI=1S/C22H25N3O5/c1-25(16-8-3-2-4-9-16)13-7-12-23-20(26)15-29-21(27)14-19-22(28)24-17-10-5-6-11-18(17)30-19/h2-6,8-11,19H,7,12-15H2,1H3,(H,23,26)(H,24,28)/t19-/m0/s1. The first-order valence-corrected chi connectivity index (χ1v) is 9.78. The van der Waals surface area contributed by atoms with Gasteiger partial charge in [0.15, 0.2) is 12.7 Å². The van der Waals surface area contributed by atoms with Crippen LogP contribution in [0.25, 0.3) is 0 Å². The van der Waals surface area contributed by atoms with Gasteiger partial charge in [0.05, 0.1) is 12.1 Å². The number of para-hydroxylation sites is 3. The van der Waals surface area contributed by atoms with E-state index in [1.54, 1.807) is 24.3 Å². The Morgan fingerprint density at radius 2 is 1.87 bits per heavy atom. The number of carbonyl (C=O) groups is 3. The van der Waals surface area contributed by atoms with Crippen LogP contribution in [0.2, 0.25) is 0 Å². The highest BCUT2D eigenvalue weighted by Gasteiger charge is 2.30. The van der Waals surface area contributed by atoms with Gasteiger partial charge in [-0.15, -0.1) is 0 Å². The van der Waals surface area contributed by atoms with Gasteiger partial charge >= 0.3 is 5.97 Å². The van der Waals surface area contributed by atoms with Crippen LogP contribution < -0.4 is 20.3 Å². The maximum atomic E-state index is 12.0. The first-order valence-electron chi connectivity index (χ1n) is 9.78. The third-order valence-corrected chi connectivity index (χ3v) is 4.61. The van der Waals surface area contributed by atoms with Crippen molar-refractivity contribution in [1.82, 2.24) is 5.32 Å². The number of rotatable bonds is 9. The van der Waals surface area contributed by atoms with Crippen LogP contribution in [0.1, 0.15) is 12.8 Å². The van der Waals surface area contributed by atoms with Crippen molar-refractivity contribution in [3.63, 3.8) is 0 Å². The number of hydrogen-bond acceptors (Lipinski definition) is 6. The summed E-state index contributed by atoms with van der Waals surface area (Å²) in [6.07, 6.45) is -0.500. The molecule has 3 rings (SSSR count). The highest BCUT2D eigenvalue weighted by atomic mass is 16.5. The van der Waals surface area contributed by atoms with Crippen LogP contribution in [0.4, 0.5) is 11.4 Å². The molecule has 1 heterocycles. The zero-order chi connectivity index (χ0) is 21.3. The van der Waals surface area contributed by atoms with Gasteiger partial charge in [-0.1, -0.05) is 30.3 Å². The minimum atomic E-state index is -0.982. The molecule has 0 saturated carbocycles. The number of carbonyl (C=O) groups excluding carboxylic acids is 3. The highest BCUT2D eigenvalue weighted by molar-refractivity contribution is 5.99. The molecule has 0 fully saturated rings. The number of fused-ring (bicyclic) bond motifs is 1. The van der Waals surface area contributed by atoms with Crippen molar-refractivity contribution in [2.24, 2.45) is 0 Å². The van der Waals surface area contributed by atoms with Crippen LogP contribution in [-0.4, -0.2) is 50.6 Å². The summed E-state index contributed by atoms with van der Waals surface area (Å²) >= 11 is 0. The zero-order valence-corrected chi connectivity index (χ0v) is 16.8. The second-order valence-corrected chi connectivity index (χ2v) is 6.92. The molecule has 0 aromatic heterocycles. The summed E-state index contributed by atoms with van der Waals surface area (Å²) in [7, 11) is 1.99. The van der Waals surface area contributed by atoms with Crippen molar-refractivity contribution in [2.75, 3.05) is 37.0 Å². The number of amides is 2. The molecule has 1 aliphatic heterocycles. The first-order chi connectivity index (χ1) is 14.5. The summed E-state index contributed by atoms with van der Waals surface area (Å²) in [6, 6.07) is 16.9. The highest BCUT2D eigenvalue weighted by Crippen LogP contribution is 2.29. The SMILES string of the molecule is CN(CCCNC(=O)COC(=O)C[C@@H]1Oc2ccccc2NC1=O)c1ccccc1. The van der Waals surface area contributed by atoms with Crippen molar-refractivity contribution in [1.29, 1.82) is 0 Å². The van der Waals surface area contributed by atoms with Gasteiger partial charge in [0.2, 0.25) is 0 Å². The van der Waals surface area contributed by atoms with Gasteiger partial charge in [-0.25, -0.2) is 0 Å². The molecular weight excluding hydrogens is 386 g/mol. The number of nitrogens with zero attached hydrogens (tertiary/aromatic N) is 1. The first kappa shape index (κ1) is 21.2. The van der Waals surface area contributed by atoms with E-state index >= 15 is 0 Å². The van der Waals surface area contributed by atoms with E-state index < -0.39 is 24.6 Å². The Labute approximate surface area is 175 Å². The summed E-state index contributed by atoms with van der Waals surface area (Å²) in [5.41, 5.74) is 1.67. The number of anilines is 2. The van der Waals surface area contributed by atoms with Crippen LogP contribution in [0.15, 0.2) is 54.6 Å². The third-order valence-electron chi connectivity index (χ3n) is 4.61. The molecule has 0 unspecified atom stereocenters. The predicted octanol–water partition coefficient (Wildman–Crippen LogP) is 1.96. The molecule has 2 aromatic rings. The molecule has 2 amide bonds. The second-order valence-electron chi connectivity index (χ2n) is 6.92. The Morgan fingerprint density at radius 3 is 2.67 bits per heavy atom. The maximum Gasteiger partial charge on any atom is 0.310 e. The summed E-state index contributed by atoms with van der Waals surface area (Å²) in [4.78, 5) is 38.0. The van der Waals surface area contributed by atoms with E-state index in [9.17, 15) is 14.4 Å². The van der Waals surface area contributed by atoms with Crippen LogP contribution in [0.3, 0.4) is 0 Å². The summed E-state index contributed by atoms with van der Waals surface area (Å²) in [6.45, 7) is 0.858. The van der Waals surface area contributed by atoms with Crippen molar-refractivity contribution < 1.29 is 23.9 Å². The van der Waals surface area contributed by atoms with E-state index in [0.29, 0.717) is 18.0 Å². The summed E-state index contributed by atoms with van der Waals surface area (Å²) in [5.74, 6) is -0.982. The summed E-state index contributed by atoms with van der Waals surface area (Å²) in [5, 5.41) is 5.40. The molecule has 2 aromatic carbocycles. The van der Waals surface area contributed by atoms with E-state index in [1.807, 2.05) is 37.4 Å². The number of esters is 1. The van der Waals surface area contributed by atoms with E-state index in [2.05, 4.69) is 15.5 Å². The molecule has 8 nitrogen and oxygen atoms in total. The number of nitrogens with one attached hydrogen (secondary N) is 2. The van der Waals surface area contributed by atoms with Crippen LogP contribution >= 0.6 is 0 Å². The van der Waals surface area contributed by atoms with Crippen molar-refractivity contribution in [3.05, 3.63) is 54.6 Å². The molecular formula is C22H25N3O5. The monoisotopic (exact) mass is 411 g/mol.